The van der Waals surface area contributed by atoms with Gasteiger partial charge in [-0.3, -0.25) is 4.79 Å². The molecule has 5 rings (SSSR count). The molecule has 0 aromatic carbocycles. The van der Waals surface area contributed by atoms with Crippen LogP contribution in [-0.4, -0.2) is 52.3 Å². The molecule has 2 aliphatic heterocycles. The van der Waals surface area contributed by atoms with Crippen LogP contribution in [0.15, 0.2) is 23.1 Å². The molecule has 0 aliphatic carbocycles. The van der Waals surface area contributed by atoms with E-state index < -0.39 is 0 Å². The van der Waals surface area contributed by atoms with Crippen LogP contribution in [0.3, 0.4) is 0 Å². The predicted octanol–water partition coefficient (Wildman–Crippen LogP) is 1.77. The number of H-pyrrole nitrogens is 1. The van der Waals surface area contributed by atoms with Gasteiger partial charge in [0.15, 0.2) is 5.69 Å². The van der Waals surface area contributed by atoms with E-state index in [0.717, 1.165) is 54.4 Å². The van der Waals surface area contributed by atoms with Gasteiger partial charge in [0.25, 0.3) is 5.91 Å². The van der Waals surface area contributed by atoms with E-state index in [1.807, 2.05) is 12.3 Å². The van der Waals surface area contributed by atoms with Crippen molar-refractivity contribution in [2.45, 2.75) is 19.4 Å². The Morgan fingerprint density at radius 1 is 1.41 bits per heavy atom. The summed E-state index contributed by atoms with van der Waals surface area (Å²) in [6.45, 7) is 3.49. The minimum Gasteiger partial charge on any atom is -0.381 e. The number of rotatable bonds is 5. The lowest BCUT2D eigenvalue weighted by Crippen LogP contribution is -2.35. The van der Waals surface area contributed by atoms with Crippen LogP contribution in [0.25, 0.3) is 11.0 Å². The normalized spacial score (nSPS) is 17.0. The van der Waals surface area contributed by atoms with Gasteiger partial charge < -0.3 is 24.5 Å². The van der Waals surface area contributed by atoms with Crippen LogP contribution in [0.5, 0.6) is 0 Å². The smallest absolute Gasteiger partial charge is 0.273 e. The molecule has 3 aromatic rings. The minimum absolute atomic E-state index is 0. The third-order valence-corrected chi connectivity index (χ3v) is 5.22. The summed E-state index contributed by atoms with van der Waals surface area (Å²) in [6.07, 6.45) is 5.01. The van der Waals surface area contributed by atoms with Crippen LogP contribution in [0, 0.1) is 5.92 Å². The highest BCUT2D eigenvalue weighted by Crippen LogP contribution is 2.29. The Hall–Kier alpha value is -2.94. The quantitative estimate of drug-likeness (QED) is 0.702. The van der Waals surface area contributed by atoms with Crippen LogP contribution < -0.4 is 10.2 Å². The highest BCUT2D eigenvalue weighted by molar-refractivity contribution is 5.94. The maximum atomic E-state index is 12.6. The number of amides is 1. The summed E-state index contributed by atoms with van der Waals surface area (Å²) < 4.78 is 10.6. The van der Waals surface area contributed by atoms with Crippen LogP contribution in [0.4, 0.5) is 5.82 Å². The van der Waals surface area contributed by atoms with Crippen molar-refractivity contribution in [3.8, 4) is 0 Å². The lowest BCUT2D eigenvalue weighted by molar-refractivity contribution is -0.0349. The minimum atomic E-state index is -0.184. The van der Waals surface area contributed by atoms with Gasteiger partial charge >= 0.3 is 0 Å². The molecule has 1 amide bonds. The number of hydrogen-bond acceptors (Lipinski definition) is 7. The third kappa shape index (κ3) is 2.93. The van der Waals surface area contributed by atoms with Crippen molar-refractivity contribution < 1.29 is 16.9 Å². The molecular formula is C18H24N6O3. The highest BCUT2D eigenvalue weighted by Gasteiger charge is 2.29. The van der Waals surface area contributed by atoms with E-state index in [2.05, 4.69) is 30.3 Å². The lowest BCUT2D eigenvalue weighted by atomic mass is 10.0. The highest BCUT2D eigenvalue weighted by atomic mass is 16.5. The Labute approximate surface area is 158 Å². The Morgan fingerprint density at radius 3 is 3.19 bits per heavy atom. The summed E-state index contributed by atoms with van der Waals surface area (Å²) in [5.41, 5.74) is 2.01. The van der Waals surface area contributed by atoms with E-state index in [1.165, 1.54) is 0 Å². The van der Waals surface area contributed by atoms with Crippen LogP contribution in [-0.2, 0) is 17.7 Å². The number of anilines is 1. The Balaban J connectivity index is 0.00000120. The molecule has 1 saturated heterocycles. The van der Waals surface area contributed by atoms with Crippen molar-refractivity contribution in [1.29, 1.82) is 0 Å². The van der Waals surface area contributed by atoms with Gasteiger partial charge in [0, 0.05) is 40.0 Å². The van der Waals surface area contributed by atoms with Gasteiger partial charge in [-0.1, -0.05) is 5.16 Å². The van der Waals surface area contributed by atoms with Crippen LogP contribution in [0.1, 0.15) is 31.1 Å². The molecule has 9 nitrogen and oxygen atoms in total. The summed E-state index contributed by atoms with van der Waals surface area (Å²) in [5, 5.41) is 7.95. The van der Waals surface area contributed by atoms with Crippen molar-refractivity contribution in [3.63, 3.8) is 0 Å². The molecule has 144 valence electrons. The fourth-order valence-electron chi connectivity index (χ4n) is 3.60. The molecule has 1 fully saturated rings. The molecule has 9 heteroatoms. The summed E-state index contributed by atoms with van der Waals surface area (Å²) in [7, 11) is 0. The fraction of sp³-hybridized carbons (Fsp3) is 0.444. The first-order valence-electron chi connectivity index (χ1n) is 9.16. The molecule has 0 unspecified atom stereocenters. The number of fused-ring (bicyclic) bond motifs is 2. The number of aromatic nitrogens is 4. The van der Waals surface area contributed by atoms with E-state index in [0.29, 0.717) is 31.1 Å². The first-order valence-corrected chi connectivity index (χ1v) is 9.16. The summed E-state index contributed by atoms with van der Waals surface area (Å²) in [5.74, 6) is 2.00. The van der Waals surface area contributed by atoms with E-state index in [4.69, 9.17) is 9.26 Å². The maximum absolute atomic E-state index is 12.6. The molecule has 5 heterocycles. The van der Waals surface area contributed by atoms with Crippen molar-refractivity contribution in [2.24, 2.45) is 5.92 Å². The molecule has 0 bridgehead atoms. The van der Waals surface area contributed by atoms with Crippen molar-refractivity contribution in [3.05, 3.63) is 35.6 Å². The monoisotopic (exact) mass is 372 g/mol. The zero-order chi connectivity index (χ0) is 18.2. The third-order valence-electron chi connectivity index (χ3n) is 5.22. The Bertz CT molecular complexity index is 987. The SMILES string of the molecule is O=C(NCCC1COC1)c1noc2c1CN(c1ncnc3[nH]ccc13)CC2.[HH].[HH]. The number of aromatic amines is 1. The van der Waals surface area contributed by atoms with E-state index in [9.17, 15) is 4.79 Å². The molecule has 0 spiro atoms. The Kier molecular flexibility index (Phi) is 4.01. The van der Waals surface area contributed by atoms with Crippen LogP contribution in [0.2, 0.25) is 0 Å². The van der Waals surface area contributed by atoms with Crippen molar-refractivity contribution in [2.75, 3.05) is 31.2 Å². The summed E-state index contributed by atoms with van der Waals surface area (Å²) in [6, 6.07) is 1.96. The fourth-order valence-corrected chi connectivity index (χ4v) is 3.60. The molecule has 0 atom stereocenters. The van der Waals surface area contributed by atoms with Gasteiger partial charge in [-0.05, 0) is 12.5 Å². The maximum Gasteiger partial charge on any atom is 0.273 e. The number of ether oxygens (including phenoxy) is 1. The number of hydrogen-bond donors (Lipinski definition) is 2. The van der Waals surface area contributed by atoms with Gasteiger partial charge in [0.05, 0.1) is 25.1 Å². The zero-order valence-corrected chi connectivity index (χ0v) is 14.8. The topological polar surface area (TPSA) is 109 Å². The average Bonchev–Trinajstić information content (AvgIpc) is 3.29. The second-order valence-corrected chi connectivity index (χ2v) is 6.99. The number of nitrogens with zero attached hydrogens (tertiary/aromatic N) is 4. The van der Waals surface area contributed by atoms with Gasteiger partial charge in [0.2, 0.25) is 0 Å². The Morgan fingerprint density at radius 2 is 2.33 bits per heavy atom. The number of carbonyl (C=O) groups excluding carboxylic acids is 1. The van der Waals surface area contributed by atoms with Gasteiger partial charge in [-0.2, -0.15) is 0 Å². The van der Waals surface area contributed by atoms with E-state index >= 15 is 0 Å². The second kappa shape index (κ2) is 6.66. The molecule has 2 N–H and O–H groups in total. The zero-order valence-electron chi connectivity index (χ0n) is 14.8. The molecule has 2 aliphatic rings. The molecule has 0 saturated carbocycles. The summed E-state index contributed by atoms with van der Waals surface area (Å²) >= 11 is 0. The molecule has 27 heavy (non-hydrogen) atoms. The molecule has 0 radical (unpaired) electrons. The molecule has 3 aromatic heterocycles. The molecular weight excluding hydrogens is 348 g/mol. The lowest BCUT2D eigenvalue weighted by Gasteiger charge is -2.27. The first-order chi connectivity index (χ1) is 13.3. The van der Waals surface area contributed by atoms with Gasteiger partial charge in [0.1, 0.15) is 23.6 Å². The van der Waals surface area contributed by atoms with Crippen LogP contribution >= 0.6 is 0 Å². The first kappa shape index (κ1) is 16.2. The van der Waals surface area contributed by atoms with Crippen molar-refractivity contribution >= 4 is 22.8 Å². The largest absolute Gasteiger partial charge is 0.381 e. The standard InChI is InChI=1S/C18H20N6O3.2H2/c25-18(20-4-1-11-8-26-9-11)15-13-7-24(6-3-14(13)27-23-15)17-12-2-5-19-16(12)21-10-22-17;;/h2,5,10-11H,1,3-4,6-9H2,(H,20,25)(H,19,21,22);2*1H. The second-order valence-electron chi connectivity index (χ2n) is 6.99. The average molecular weight is 372 g/mol. The van der Waals surface area contributed by atoms with Gasteiger partial charge in [-0.15, -0.1) is 0 Å². The number of nitrogens with one attached hydrogen (secondary N) is 2. The van der Waals surface area contributed by atoms with Crippen molar-refractivity contribution in [1.82, 2.24) is 25.4 Å². The predicted molar refractivity (Wildman–Crippen MR) is 101 cm³/mol. The summed E-state index contributed by atoms with van der Waals surface area (Å²) in [4.78, 5) is 26.5. The number of carbonyl (C=O) groups is 1. The van der Waals surface area contributed by atoms with E-state index in [-0.39, 0.29) is 8.76 Å². The van der Waals surface area contributed by atoms with E-state index in [1.54, 1.807) is 6.33 Å². The van der Waals surface area contributed by atoms with Gasteiger partial charge in [-0.25, -0.2) is 9.97 Å².